The Balaban J connectivity index is 1.89. The number of ether oxygens (including phenoxy) is 2. The number of nitro groups is 1. The lowest BCUT2D eigenvalue weighted by molar-refractivity contribution is -0.384. The number of aliphatic imine (C=N–C) groups is 1. The molecule has 9 heteroatoms. The van der Waals surface area contributed by atoms with E-state index in [4.69, 9.17) is 9.47 Å². The second-order valence-electron chi connectivity index (χ2n) is 8.01. The van der Waals surface area contributed by atoms with E-state index in [0.717, 1.165) is 12.1 Å². The Bertz CT molecular complexity index is 1190. The molecule has 1 aliphatic heterocycles. The summed E-state index contributed by atoms with van der Waals surface area (Å²) < 4.78 is 12.4. The normalized spacial score (nSPS) is 18.1. The molecule has 9 nitrogen and oxygen atoms in total. The number of rotatable bonds is 8. The molecule has 2 aromatic rings. The maximum absolute atomic E-state index is 13.1. The third-order valence-electron chi connectivity index (χ3n) is 5.83. The molecule has 0 radical (unpaired) electrons. The summed E-state index contributed by atoms with van der Waals surface area (Å²) in [5.74, 6) is -3.02. The molecule has 0 fully saturated rings. The molecule has 1 aliphatic rings. The molecule has 0 aliphatic carbocycles. The summed E-state index contributed by atoms with van der Waals surface area (Å²) >= 11 is 0. The average Bonchev–Trinajstić information content (AvgIpc) is 3.22. The fourth-order valence-electron chi connectivity index (χ4n) is 4.16. The molecule has 34 heavy (non-hydrogen) atoms. The number of nitro benzene ring substituents is 1. The van der Waals surface area contributed by atoms with Crippen molar-refractivity contribution in [3.8, 4) is 0 Å². The van der Waals surface area contributed by atoms with Crippen LogP contribution in [0.4, 0.5) is 5.69 Å². The number of carbonyl (C=O) groups is 2. The first-order valence-corrected chi connectivity index (χ1v) is 10.8. The van der Waals surface area contributed by atoms with Crippen molar-refractivity contribution in [3.05, 3.63) is 87.6 Å². The third-order valence-corrected chi connectivity index (χ3v) is 5.83. The number of hydrogen-bond acceptors (Lipinski definition) is 7. The van der Waals surface area contributed by atoms with Gasteiger partial charge in [-0.2, -0.15) is 0 Å². The SMILES string of the molecule is COC(=O)C1C(C)=NC(C)=C(C(=O)OC=CCCc2cccn2C)C1c1cccc([N+](=O)[O-])c1. The van der Waals surface area contributed by atoms with Crippen LogP contribution in [0.25, 0.3) is 0 Å². The highest BCUT2D eigenvalue weighted by atomic mass is 16.6. The number of aryl methyl sites for hydroxylation is 2. The van der Waals surface area contributed by atoms with Gasteiger partial charge in [-0.1, -0.05) is 12.1 Å². The number of esters is 2. The van der Waals surface area contributed by atoms with E-state index in [1.54, 1.807) is 26.0 Å². The smallest absolute Gasteiger partial charge is 0.341 e. The maximum Gasteiger partial charge on any atom is 0.341 e. The molecule has 0 saturated heterocycles. The molecule has 2 atom stereocenters. The van der Waals surface area contributed by atoms with Gasteiger partial charge in [0, 0.05) is 48.4 Å². The van der Waals surface area contributed by atoms with Gasteiger partial charge in [0.1, 0.15) is 5.92 Å². The van der Waals surface area contributed by atoms with E-state index < -0.39 is 28.7 Å². The quantitative estimate of drug-likeness (QED) is 0.249. The fourth-order valence-corrected chi connectivity index (χ4v) is 4.16. The molecular weight excluding hydrogens is 438 g/mol. The molecule has 1 aromatic carbocycles. The Morgan fingerprint density at radius 3 is 2.65 bits per heavy atom. The van der Waals surface area contributed by atoms with Crippen LogP contribution in [0.5, 0.6) is 0 Å². The molecule has 3 rings (SSSR count). The van der Waals surface area contributed by atoms with E-state index in [0.29, 0.717) is 23.4 Å². The molecule has 0 bridgehead atoms. The Hall–Kier alpha value is -4.01. The van der Waals surface area contributed by atoms with Crippen molar-refractivity contribution in [3.63, 3.8) is 0 Å². The average molecular weight is 466 g/mol. The molecule has 2 unspecified atom stereocenters. The zero-order valence-electron chi connectivity index (χ0n) is 19.6. The number of carbonyl (C=O) groups excluding carboxylic acids is 2. The van der Waals surface area contributed by atoms with E-state index in [2.05, 4.69) is 4.99 Å². The summed E-state index contributed by atoms with van der Waals surface area (Å²) in [7, 11) is 3.21. The molecule has 0 N–H and O–H groups in total. The van der Waals surface area contributed by atoms with Crippen molar-refractivity contribution in [2.24, 2.45) is 18.0 Å². The summed E-state index contributed by atoms with van der Waals surface area (Å²) in [5.41, 5.74) is 2.43. The minimum Gasteiger partial charge on any atom is -0.468 e. The van der Waals surface area contributed by atoms with Gasteiger partial charge >= 0.3 is 11.9 Å². The number of hydrogen-bond donors (Lipinski definition) is 0. The highest BCUT2D eigenvalue weighted by Gasteiger charge is 2.42. The van der Waals surface area contributed by atoms with Gasteiger partial charge in [-0.15, -0.1) is 0 Å². The summed E-state index contributed by atoms with van der Waals surface area (Å²) in [6.45, 7) is 3.32. The number of methoxy groups -OCH3 is 1. The largest absolute Gasteiger partial charge is 0.468 e. The second-order valence-corrected chi connectivity index (χ2v) is 8.01. The highest BCUT2D eigenvalue weighted by Crippen LogP contribution is 2.40. The first kappa shape index (κ1) is 24.6. The van der Waals surface area contributed by atoms with Crippen molar-refractivity contribution in [2.45, 2.75) is 32.6 Å². The van der Waals surface area contributed by atoms with Gasteiger partial charge in [-0.25, -0.2) is 4.79 Å². The Morgan fingerprint density at radius 2 is 2.00 bits per heavy atom. The molecule has 0 amide bonds. The number of aromatic nitrogens is 1. The Kier molecular flexibility index (Phi) is 7.78. The third kappa shape index (κ3) is 5.31. The van der Waals surface area contributed by atoms with E-state index in [9.17, 15) is 19.7 Å². The summed E-state index contributed by atoms with van der Waals surface area (Å²) in [6.07, 6.45) is 6.49. The number of allylic oxidation sites excluding steroid dienone is 2. The van der Waals surface area contributed by atoms with E-state index in [-0.39, 0.29) is 11.3 Å². The van der Waals surface area contributed by atoms with Crippen LogP contribution in [0.3, 0.4) is 0 Å². The highest BCUT2D eigenvalue weighted by molar-refractivity contribution is 6.07. The molecule has 2 heterocycles. The zero-order chi connectivity index (χ0) is 24.8. The van der Waals surface area contributed by atoms with E-state index >= 15 is 0 Å². The van der Waals surface area contributed by atoms with Gasteiger partial charge < -0.3 is 14.0 Å². The van der Waals surface area contributed by atoms with Crippen LogP contribution in [0, 0.1) is 16.0 Å². The summed E-state index contributed by atoms with van der Waals surface area (Å²) in [4.78, 5) is 41.0. The molecule has 178 valence electrons. The van der Waals surface area contributed by atoms with Crippen LogP contribution in [0.2, 0.25) is 0 Å². The monoisotopic (exact) mass is 465 g/mol. The van der Waals surface area contributed by atoms with Crippen molar-refractivity contribution in [1.82, 2.24) is 4.57 Å². The lowest BCUT2D eigenvalue weighted by Crippen LogP contribution is -2.36. The first-order chi connectivity index (χ1) is 16.2. The van der Waals surface area contributed by atoms with Crippen molar-refractivity contribution >= 4 is 23.3 Å². The first-order valence-electron chi connectivity index (χ1n) is 10.8. The number of non-ortho nitro benzene ring substituents is 1. The molecular formula is C25H27N3O6. The van der Waals surface area contributed by atoms with E-state index in [1.165, 1.54) is 31.6 Å². The predicted octanol–water partition coefficient (Wildman–Crippen LogP) is 4.24. The molecule has 0 spiro atoms. The van der Waals surface area contributed by atoms with Crippen LogP contribution in [0.15, 0.2) is 71.2 Å². The van der Waals surface area contributed by atoms with Crippen LogP contribution < -0.4 is 0 Å². The van der Waals surface area contributed by atoms with Gasteiger partial charge in [0.2, 0.25) is 0 Å². The van der Waals surface area contributed by atoms with Crippen LogP contribution in [-0.4, -0.2) is 34.3 Å². The van der Waals surface area contributed by atoms with Gasteiger partial charge in [0.05, 0.1) is 23.9 Å². The zero-order valence-corrected chi connectivity index (χ0v) is 19.6. The van der Waals surface area contributed by atoms with Crippen molar-refractivity contribution < 1.29 is 24.0 Å². The van der Waals surface area contributed by atoms with Crippen molar-refractivity contribution in [2.75, 3.05) is 7.11 Å². The maximum atomic E-state index is 13.1. The standard InChI is InChI=1S/C25H27N3O6/c1-16-21(24(29)33-4)23(18-9-7-11-20(15-18)28(31)32)22(17(2)26-16)25(30)34-14-6-5-10-19-12-8-13-27(19)3/h6-9,11-15,21,23H,5,10H2,1-4H3. The Morgan fingerprint density at radius 1 is 1.24 bits per heavy atom. The van der Waals surface area contributed by atoms with Crippen LogP contribution in [-0.2, 0) is 32.5 Å². The molecule has 1 aromatic heterocycles. The van der Waals surface area contributed by atoms with Crippen LogP contribution in [0.1, 0.15) is 37.4 Å². The Labute approximate surface area is 197 Å². The lowest BCUT2D eigenvalue weighted by atomic mass is 9.75. The van der Waals surface area contributed by atoms with E-state index in [1.807, 2.05) is 29.9 Å². The van der Waals surface area contributed by atoms with Gasteiger partial charge in [-0.3, -0.25) is 19.9 Å². The van der Waals surface area contributed by atoms with Crippen molar-refractivity contribution in [1.29, 1.82) is 0 Å². The van der Waals surface area contributed by atoms with Gasteiger partial charge in [-0.05, 0) is 50.5 Å². The summed E-state index contributed by atoms with van der Waals surface area (Å²) in [6, 6.07) is 9.85. The topological polar surface area (TPSA) is 113 Å². The minimum absolute atomic E-state index is 0.146. The minimum atomic E-state index is -0.917. The molecule has 0 saturated carbocycles. The number of benzene rings is 1. The van der Waals surface area contributed by atoms with Crippen LogP contribution >= 0.6 is 0 Å². The fraction of sp³-hybridized carbons (Fsp3) is 0.320. The second kappa shape index (κ2) is 10.7. The number of nitrogens with zero attached hydrogens (tertiary/aromatic N) is 3. The van der Waals surface area contributed by atoms with Gasteiger partial charge in [0.25, 0.3) is 5.69 Å². The lowest BCUT2D eigenvalue weighted by Gasteiger charge is -2.30. The summed E-state index contributed by atoms with van der Waals surface area (Å²) in [5, 5.41) is 11.3. The van der Waals surface area contributed by atoms with Gasteiger partial charge in [0.15, 0.2) is 0 Å². The predicted molar refractivity (Wildman–Crippen MR) is 126 cm³/mol.